The summed E-state index contributed by atoms with van der Waals surface area (Å²) in [5, 5.41) is 0. The van der Waals surface area contributed by atoms with Gasteiger partial charge >= 0.3 is 6.36 Å². The maximum Gasteiger partial charge on any atom is 0.573 e. The Morgan fingerprint density at radius 2 is 1.57 bits per heavy atom. The lowest BCUT2D eigenvalue weighted by Crippen LogP contribution is -2.27. The number of hydrogen-bond acceptors (Lipinski definition) is 3. The van der Waals surface area contributed by atoms with Crippen molar-refractivity contribution in [3.8, 4) is 5.75 Å². The smallest absolute Gasteiger partial charge is 0.404 e. The van der Waals surface area contributed by atoms with Crippen molar-refractivity contribution >= 4 is 10.0 Å². The van der Waals surface area contributed by atoms with Gasteiger partial charge in [-0.05, 0) is 24.1 Å². The van der Waals surface area contributed by atoms with E-state index < -0.39 is 27.0 Å². The minimum atomic E-state index is -4.96. The molecule has 0 atom stereocenters. The number of ether oxygens (including phenoxy) is 1. The molecule has 0 bridgehead atoms. The summed E-state index contributed by atoms with van der Waals surface area (Å²) in [7, 11) is -4.11. The summed E-state index contributed by atoms with van der Waals surface area (Å²) in [5.41, 5.74) is 0.912. The summed E-state index contributed by atoms with van der Waals surface area (Å²) in [4.78, 5) is -0.551. The van der Waals surface area contributed by atoms with E-state index in [0.29, 0.717) is 6.42 Å². The normalized spacial score (nSPS) is 12.1. The number of nitrogens with one attached hydrogen (secondary N) is 1. The van der Waals surface area contributed by atoms with Gasteiger partial charge in [0.1, 0.15) is 10.6 Å². The van der Waals surface area contributed by atoms with E-state index in [1.54, 1.807) is 0 Å². The number of sulfonamides is 1. The Morgan fingerprint density at radius 3 is 2.22 bits per heavy atom. The van der Waals surface area contributed by atoms with E-state index >= 15 is 0 Å². The topological polar surface area (TPSA) is 55.4 Å². The highest BCUT2D eigenvalue weighted by Gasteiger charge is 2.33. The molecule has 2 rings (SSSR count). The highest BCUT2D eigenvalue weighted by molar-refractivity contribution is 7.89. The fourth-order valence-corrected chi connectivity index (χ4v) is 3.09. The van der Waals surface area contributed by atoms with E-state index in [2.05, 4.69) is 9.46 Å². The first-order chi connectivity index (χ1) is 10.8. The summed E-state index contributed by atoms with van der Waals surface area (Å²) in [6, 6.07) is 13.7. The number of rotatable bonds is 6. The number of halogens is 3. The van der Waals surface area contributed by atoms with Crippen molar-refractivity contribution in [1.29, 1.82) is 0 Å². The van der Waals surface area contributed by atoms with Gasteiger partial charge in [0.05, 0.1) is 0 Å². The third-order valence-electron chi connectivity index (χ3n) is 2.91. The van der Waals surface area contributed by atoms with Crippen molar-refractivity contribution in [2.45, 2.75) is 17.7 Å². The first-order valence-corrected chi connectivity index (χ1v) is 8.15. The molecule has 0 fully saturated rings. The molecule has 2 aromatic rings. The molecule has 0 aromatic heterocycles. The van der Waals surface area contributed by atoms with Crippen LogP contribution in [0.15, 0.2) is 59.5 Å². The van der Waals surface area contributed by atoms with Gasteiger partial charge in [0.25, 0.3) is 0 Å². The monoisotopic (exact) mass is 345 g/mol. The Labute approximate surface area is 132 Å². The van der Waals surface area contributed by atoms with Crippen LogP contribution in [-0.4, -0.2) is 21.3 Å². The Morgan fingerprint density at radius 1 is 0.957 bits per heavy atom. The molecule has 4 nitrogen and oxygen atoms in total. The van der Waals surface area contributed by atoms with Crippen LogP contribution in [0.25, 0.3) is 0 Å². The molecule has 0 aliphatic carbocycles. The maximum atomic E-state index is 12.3. The van der Waals surface area contributed by atoms with Crippen LogP contribution in [0.4, 0.5) is 13.2 Å². The number of para-hydroxylation sites is 1. The molecule has 0 saturated heterocycles. The SMILES string of the molecule is O=S(=O)(NCCc1ccccc1)c1ccccc1OC(F)(F)F. The first-order valence-electron chi connectivity index (χ1n) is 6.66. The maximum absolute atomic E-state index is 12.3. The fraction of sp³-hybridized carbons (Fsp3) is 0.200. The summed E-state index contributed by atoms with van der Waals surface area (Å²) < 4.78 is 67.4. The van der Waals surface area contributed by atoms with Crippen molar-refractivity contribution in [2.24, 2.45) is 0 Å². The van der Waals surface area contributed by atoms with E-state index in [0.717, 1.165) is 17.7 Å². The van der Waals surface area contributed by atoms with Gasteiger partial charge in [-0.1, -0.05) is 42.5 Å². The average molecular weight is 345 g/mol. The summed E-state index contributed by atoms with van der Waals surface area (Å²) >= 11 is 0. The van der Waals surface area contributed by atoms with Gasteiger partial charge in [0.15, 0.2) is 0 Å². The number of benzene rings is 2. The lowest BCUT2D eigenvalue weighted by Gasteiger charge is -2.13. The molecule has 0 spiro atoms. The molecule has 0 saturated carbocycles. The minimum absolute atomic E-state index is 0.0622. The van der Waals surface area contributed by atoms with Crippen LogP contribution in [0.2, 0.25) is 0 Å². The number of alkyl halides is 3. The molecule has 0 amide bonds. The quantitative estimate of drug-likeness (QED) is 0.875. The predicted molar refractivity (Wildman–Crippen MR) is 78.5 cm³/mol. The van der Waals surface area contributed by atoms with Gasteiger partial charge in [0.2, 0.25) is 10.0 Å². The Bertz CT molecular complexity index is 746. The molecule has 0 aliphatic rings. The molecular weight excluding hydrogens is 331 g/mol. The zero-order chi connectivity index (χ0) is 16.9. The van der Waals surface area contributed by atoms with Crippen LogP contribution >= 0.6 is 0 Å². The third kappa shape index (κ3) is 5.26. The van der Waals surface area contributed by atoms with Crippen molar-refractivity contribution in [1.82, 2.24) is 4.72 Å². The predicted octanol–water partition coefficient (Wildman–Crippen LogP) is 3.11. The zero-order valence-corrected chi connectivity index (χ0v) is 12.7. The van der Waals surface area contributed by atoms with Crippen LogP contribution in [0.3, 0.4) is 0 Å². The van der Waals surface area contributed by atoms with Crippen LogP contribution in [0, 0.1) is 0 Å². The van der Waals surface area contributed by atoms with E-state index in [1.807, 2.05) is 30.3 Å². The standard InChI is InChI=1S/C15H14F3NO3S/c16-15(17,18)22-13-8-4-5-9-14(13)23(20,21)19-11-10-12-6-2-1-3-7-12/h1-9,19H,10-11H2. The molecule has 23 heavy (non-hydrogen) atoms. The Kier molecular flexibility index (Phi) is 5.27. The molecule has 8 heteroatoms. The fourth-order valence-electron chi connectivity index (χ4n) is 1.93. The van der Waals surface area contributed by atoms with Gasteiger partial charge in [0, 0.05) is 6.54 Å². The molecule has 0 radical (unpaired) electrons. The third-order valence-corrected chi connectivity index (χ3v) is 4.41. The van der Waals surface area contributed by atoms with Crippen LogP contribution < -0.4 is 9.46 Å². The molecule has 0 unspecified atom stereocenters. The Hall–Kier alpha value is -2.06. The highest BCUT2D eigenvalue weighted by atomic mass is 32.2. The van der Waals surface area contributed by atoms with Crippen LogP contribution in [-0.2, 0) is 16.4 Å². The average Bonchev–Trinajstić information content (AvgIpc) is 2.47. The van der Waals surface area contributed by atoms with Crippen molar-refractivity contribution in [3.63, 3.8) is 0 Å². The summed E-state index contributed by atoms with van der Waals surface area (Å²) in [5.74, 6) is -0.757. The van der Waals surface area contributed by atoms with Gasteiger partial charge in [-0.15, -0.1) is 13.2 Å². The minimum Gasteiger partial charge on any atom is -0.404 e. The van der Waals surface area contributed by atoms with Gasteiger partial charge in [-0.2, -0.15) is 0 Å². The van der Waals surface area contributed by atoms with Crippen molar-refractivity contribution < 1.29 is 26.3 Å². The summed E-state index contributed by atoms with van der Waals surface area (Å²) in [6.07, 6.45) is -4.54. The van der Waals surface area contributed by atoms with Gasteiger partial charge < -0.3 is 4.74 Å². The number of hydrogen-bond donors (Lipinski definition) is 1. The van der Waals surface area contributed by atoms with E-state index in [-0.39, 0.29) is 6.54 Å². The molecule has 0 heterocycles. The Balaban J connectivity index is 2.10. The van der Waals surface area contributed by atoms with Crippen LogP contribution in [0.5, 0.6) is 5.75 Å². The molecule has 2 aromatic carbocycles. The zero-order valence-electron chi connectivity index (χ0n) is 11.9. The van der Waals surface area contributed by atoms with Crippen LogP contribution in [0.1, 0.15) is 5.56 Å². The first kappa shape index (κ1) is 17.3. The molecule has 124 valence electrons. The largest absolute Gasteiger partial charge is 0.573 e. The van der Waals surface area contributed by atoms with Gasteiger partial charge in [-0.25, -0.2) is 13.1 Å². The van der Waals surface area contributed by atoms with E-state index in [9.17, 15) is 21.6 Å². The summed E-state index contributed by atoms with van der Waals surface area (Å²) in [6.45, 7) is 0.0622. The second-order valence-electron chi connectivity index (χ2n) is 4.63. The lowest BCUT2D eigenvalue weighted by atomic mass is 10.2. The van der Waals surface area contributed by atoms with E-state index in [4.69, 9.17) is 0 Å². The second-order valence-corrected chi connectivity index (χ2v) is 6.36. The lowest BCUT2D eigenvalue weighted by molar-refractivity contribution is -0.275. The molecule has 0 aliphatic heterocycles. The van der Waals surface area contributed by atoms with E-state index in [1.165, 1.54) is 12.1 Å². The second kappa shape index (κ2) is 7.01. The molecular formula is C15H14F3NO3S. The van der Waals surface area contributed by atoms with Gasteiger partial charge in [-0.3, -0.25) is 0 Å². The molecule has 1 N–H and O–H groups in total. The van der Waals surface area contributed by atoms with Crippen molar-refractivity contribution in [2.75, 3.05) is 6.54 Å². The van der Waals surface area contributed by atoms with Crippen molar-refractivity contribution in [3.05, 3.63) is 60.2 Å². The highest BCUT2D eigenvalue weighted by Crippen LogP contribution is 2.29.